The summed E-state index contributed by atoms with van der Waals surface area (Å²) in [6, 6.07) is 3.24. The molecule has 0 saturated heterocycles. The van der Waals surface area contributed by atoms with Crippen molar-refractivity contribution in [3.8, 4) is 0 Å². The second-order valence-electron chi connectivity index (χ2n) is 9.57. The van der Waals surface area contributed by atoms with Gasteiger partial charge >= 0.3 is 18.9 Å². The van der Waals surface area contributed by atoms with Gasteiger partial charge in [0, 0.05) is 12.1 Å². The van der Waals surface area contributed by atoms with Crippen molar-refractivity contribution < 1.29 is 18.9 Å². The maximum absolute atomic E-state index is 5.00. The van der Waals surface area contributed by atoms with Crippen LogP contribution in [0, 0.1) is 0 Å². The summed E-state index contributed by atoms with van der Waals surface area (Å²) in [6.45, 7) is 0. The molecule has 4 fully saturated rings. The van der Waals surface area contributed by atoms with Crippen LogP contribution >= 0.6 is 0 Å². The Morgan fingerprint density at radius 1 is 0.407 bits per heavy atom. The van der Waals surface area contributed by atoms with Crippen molar-refractivity contribution in [2.45, 2.75) is 153 Å². The van der Waals surface area contributed by atoms with Gasteiger partial charge in [-0.25, -0.2) is 0 Å². The van der Waals surface area contributed by atoms with E-state index in [1.165, 1.54) is 128 Å². The molecule has 0 unspecified atom stereocenters. The second-order valence-corrected chi connectivity index (χ2v) is 9.57. The molecule has 1 N–H and O–H groups in total. The fourth-order valence-electron chi connectivity index (χ4n) is 5.63. The number of nitrogens with one attached hydrogen (secondary N) is 1. The predicted molar refractivity (Wildman–Crippen MR) is 114 cm³/mol. The van der Waals surface area contributed by atoms with Crippen LogP contribution in [0.2, 0.25) is 0 Å². The van der Waals surface area contributed by atoms with Crippen LogP contribution in [0.3, 0.4) is 0 Å². The molecule has 2 nitrogen and oxygen atoms in total. The summed E-state index contributed by atoms with van der Waals surface area (Å²) in [5, 5.41) is 8.85. The molecule has 0 heterocycles. The molecule has 0 radical (unpaired) electrons. The minimum absolute atomic E-state index is 0. The van der Waals surface area contributed by atoms with E-state index in [2.05, 4.69) is 5.32 Å². The third kappa shape index (κ3) is 9.71. The van der Waals surface area contributed by atoms with Gasteiger partial charge in [0.05, 0.1) is 0 Å². The number of hydrogen-bond donors (Lipinski definition) is 1. The maximum Gasteiger partial charge on any atom is 1.00 e. The molecule has 0 atom stereocenters. The fraction of sp³-hybridized carbons (Fsp3) is 1.00. The summed E-state index contributed by atoms with van der Waals surface area (Å²) in [4.78, 5) is 0. The molecule has 0 amide bonds. The van der Waals surface area contributed by atoms with Gasteiger partial charge in [0.25, 0.3) is 0 Å². The third-order valence-electron chi connectivity index (χ3n) is 7.25. The van der Waals surface area contributed by atoms with Crippen molar-refractivity contribution in [1.82, 2.24) is 5.32 Å². The molecule has 0 aromatic carbocycles. The number of hydrogen-bond acceptors (Lipinski definition) is 1. The topological polar surface area (TPSA) is 26.1 Å². The van der Waals surface area contributed by atoms with E-state index in [0.717, 1.165) is 24.2 Å². The summed E-state index contributed by atoms with van der Waals surface area (Å²) in [5.74, 6) is 0. The van der Waals surface area contributed by atoms with Gasteiger partial charge in [-0.05, 0) is 25.7 Å². The van der Waals surface area contributed by atoms with Gasteiger partial charge in [-0.2, -0.15) is 0 Å². The van der Waals surface area contributed by atoms with Crippen LogP contribution in [0.4, 0.5) is 0 Å². The van der Waals surface area contributed by atoms with Crippen LogP contribution in [-0.4, -0.2) is 24.2 Å². The van der Waals surface area contributed by atoms with Crippen molar-refractivity contribution in [2.75, 3.05) is 0 Å². The standard InChI is InChI=1S/C12H23N.C12H22N.Li/c2*1-3-7-11(8-4-1)13-12-9-5-2-6-10-12;/h11-13H,1-10H2;11-12H,1-10H2;/q;-1;+1. The summed E-state index contributed by atoms with van der Waals surface area (Å²) < 4.78 is 0. The average molecular weight is 369 g/mol. The molecule has 0 bridgehead atoms. The minimum atomic E-state index is 0. The molecular weight excluding hydrogens is 323 g/mol. The minimum Gasteiger partial charge on any atom is -0.657 e. The number of nitrogens with zero attached hydrogens (tertiary/aromatic N) is 1. The van der Waals surface area contributed by atoms with Crippen LogP contribution < -0.4 is 24.2 Å². The Hall–Kier alpha value is 0.517. The molecular formula is C24H45LiN2. The Labute approximate surface area is 182 Å². The van der Waals surface area contributed by atoms with Crippen LogP contribution in [0.15, 0.2) is 0 Å². The first kappa shape index (κ1) is 23.8. The summed E-state index contributed by atoms with van der Waals surface area (Å²) in [7, 11) is 0. The zero-order valence-corrected chi connectivity index (χ0v) is 18.4. The molecule has 0 aromatic rings. The monoisotopic (exact) mass is 368 g/mol. The van der Waals surface area contributed by atoms with Gasteiger partial charge in [0.15, 0.2) is 0 Å². The SMILES string of the molecule is C1CCC(NC2CCCCC2)CC1.C1CCC([N-]C2CCCCC2)CC1.[Li+]. The van der Waals surface area contributed by atoms with E-state index >= 15 is 0 Å². The molecule has 4 saturated carbocycles. The van der Waals surface area contributed by atoms with E-state index in [-0.39, 0.29) is 18.9 Å². The van der Waals surface area contributed by atoms with E-state index < -0.39 is 0 Å². The molecule has 152 valence electrons. The van der Waals surface area contributed by atoms with Gasteiger partial charge in [-0.15, -0.1) is 12.1 Å². The molecule has 3 heteroatoms. The Morgan fingerprint density at radius 3 is 1.04 bits per heavy atom. The van der Waals surface area contributed by atoms with E-state index in [0.29, 0.717) is 0 Å². The normalized spacial score (nSPS) is 26.7. The maximum atomic E-state index is 5.00. The first-order valence-electron chi connectivity index (χ1n) is 12.4. The molecule has 4 rings (SSSR count). The van der Waals surface area contributed by atoms with E-state index in [1.807, 2.05) is 0 Å². The smallest absolute Gasteiger partial charge is 0.657 e. The Kier molecular flexibility index (Phi) is 12.8. The van der Waals surface area contributed by atoms with Crippen LogP contribution in [0.1, 0.15) is 128 Å². The molecule has 4 aliphatic carbocycles. The van der Waals surface area contributed by atoms with Gasteiger partial charge in [-0.1, -0.05) is 103 Å². The van der Waals surface area contributed by atoms with Gasteiger partial charge < -0.3 is 10.6 Å². The quantitative estimate of drug-likeness (QED) is 0.737. The Balaban J connectivity index is 0.000000187. The molecule has 4 aliphatic rings. The average Bonchev–Trinajstić information content (AvgIpc) is 2.72. The summed E-state index contributed by atoms with van der Waals surface area (Å²) in [6.07, 6.45) is 28.7. The van der Waals surface area contributed by atoms with Gasteiger partial charge in [0.1, 0.15) is 0 Å². The fourth-order valence-corrected chi connectivity index (χ4v) is 5.63. The number of rotatable bonds is 4. The first-order chi connectivity index (χ1) is 12.9. The zero-order valence-electron chi connectivity index (χ0n) is 18.4. The van der Waals surface area contributed by atoms with E-state index in [9.17, 15) is 0 Å². The zero-order chi connectivity index (χ0) is 17.9. The molecule has 27 heavy (non-hydrogen) atoms. The molecule has 0 spiro atoms. The predicted octanol–water partition coefficient (Wildman–Crippen LogP) is 4.27. The molecule has 0 aliphatic heterocycles. The van der Waals surface area contributed by atoms with Crippen molar-refractivity contribution in [2.24, 2.45) is 0 Å². The summed E-state index contributed by atoms with van der Waals surface area (Å²) >= 11 is 0. The van der Waals surface area contributed by atoms with Crippen LogP contribution in [-0.2, 0) is 0 Å². The van der Waals surface area contributed by atoms with Gasteiger partial charge in [-0.3, -0.25) is 0 Å². The Bertz CT molecular complexity index is 272. The first-order valence-corrected chi connectivity index (χ1v) is 12.4. The Morgan fingerprint density at radius 2 is 0.704 bits per heavy atom. The van der Waals surface area contributed by atoms with Crippen molar-refractivity contribution in [1.29, 1.82) is 0 Å². The van der Waals surface area contributed by atoms with E-state index in [4.69, 9.17) is 5.32 Å². The van der Waals surface area contributed by atoms with Crippen molar-refractivity contribution in [3.05, 3.63) is 5.32 Å². The van der Waals surface area contributed by atoms with Gasteiger partial charge in [0.2, 0.25) is 0 Å². The largest absolute Gasteiger partial charge is 1.00 e. The van der Waals surface area contributed by atoms with E-state index in [1.54, 1.807) is 0 Å². The van der Waals surface area contributed by atoms with Crippen LogP contribution in [0.25, 0.3) is 5.32 Å². The van der Waals surface area contributed by atoms with Crippen LogP contribution in [0.5, 0.6) is 0 Å². The molecule has 0 aromatic heterocycles. The van der Waals surface area contributed by atoms with Crippen molar-refractivity contribution >= 4 is 0 Å². The summed E-state index contributed by atoms with van der Waals surface area (Å²) in [5.41, 5.74) is 0. The van der Waals surface area contributed by atoms with Crippen molar-refractivity contribution in [3.63, 3.8) is 0 Å². The third-order valence-corrected chi connectivity index (χ3v) is 7.25. The second kappa shape index (κ2) is 14.5.